The van der Waals surface area contributed by atoms with E-state index in [0.717, 1.165) is 12.8 Å². The first-order chi connectivity index (χ1) is 8.42. The van der Waals surface area contributed by atoms with Crippen LogP contribution >= 0.6 is 0 Å². The van der Waals surface area contributed by atoms with Gasteiger partial charge in [-0.2, -0.15) is 0 Å². The van der Waals surface area contributed by atoms with Gasteiger partial charge in [-0.05, 0) is 36.8 Å². The smallest absolute Gasteiger partial charge is 0.0276 e. The van der Waals surface area contributed by atoms with Crippen LogP contribution in [0.25, 0.3) is 0 Å². The summed E-state index contributed by atoms with van der Waals surface area (Å²) in [4.78, 5) is 4.57. The lowest BCUT2D eigenvalue weighted by Gasteiger charge is -2.31. The number of hydrogen-bond acceptors (Lipinski definition) is 1. The monoisotopic (exact) mass is 245 g/mol. The summed E-state index contributed by atoms with van der Waals surface area (Å²) in [5, 5.41) is 0. The van der Waals surface area contributed by atoms with Crippen molar-refractivity contribution in [1.82, 2.24) is 0 Å². The number of aryl methyl sites for hydroxylation is 1. The van der Waals surface area contributed by atoms with E-state index < -0.39 is 0 Å². The molecule has 0 aliphatic rings. The average Bonchev–Trinajstić information content (AvgIpc) is 2.32. The summed E-state index contributed by atoms with van der Waals surface area (Å²) >= 11 is 0. The van der Waals surface area contributed by atoms with E-state index >= 15 is 0 Å². The molecule has 0 amide bonds. The molecular weight excluding hydrogens is 218 g/mol. The van der Waals surface area contributed by atoms with Crippen LogP contribution in [0.2, 0.25) is 0 Å². The highest BCUT2D eigenvalue weighted by molar-refractivity contribution is 5.91. The second-order valence-corrected chi connectivity index (χ2v) is 5.91. The van der Waals surface area contributed by atoms with Crippen molar-refractivity contribution < 1.29 is 0 Å². The van der Waals surface area contributed by atoms with Crippen molar-refractivity contribution in [2.45, 2.75) is 47.5 Å². The molecule has 1 rings (SSSR count). The lowest BCUT2D eigenvalue weighted by atomic mass is 9.75. The molecule has 0 N–H and O–H groups in total. The Bertz CT molecular complexity index is 415. The zero-order valence-corrected chi connectivity index (χ0v) is 12.7. The number of nitrogens with zero attached hydrogens (tertiary/aromatic N) is 1. The SMILES string of the molecule is CCC(C)/C(=N\C)C(C)(C)Cc1ccccc1C. The molecule has 1 aromatic carbocycles. The molecule has 1 nitrogen and oxygen atoms in total. The highest BCUT2D eigenvalue weighted by Gasteiger charge is 2.28. The van der Waals surface area contributed by atoms with Crippen LogP contribution in [-0.2, 0) is 6.42 Å². The van der Waals surface area contributed by atoms with Gasteiger partial charge < -0.3 is 0 Å². The maximum absolute atomic E-state index is 4.57. The van der Waals surface area contributed by atoms with Crippen molar-refractivity contribution in [2.75, 3.05) is 7.05 Å². The van der Waals surface area contributed by atoms with Crippen molar-refractivity contribution in [2.24, 2.45) is 16.3 Å². The highest BCUT2D eigenvalue weighted by Crippen LogP contribution is 2.29. The molecule has 0 aliphatic carbocycles. The second-order valence-electron chi connectivity index (χ2n) is 5.91. The maximum Gasteiger partial charge on any atom is 0.0276 e. The normalized spacial score (nSPS) is 14.7. The largest absolute Gasteiger partial charge is 0.297 e. The molecule has 18 heavy (non-hydrogen) atoms. The molecule has 0 heterocycles. The molecule has 0 radical (unpaired) electrons. The van der Waals surface area contributed by atoms with Crippen molar-refractivity contribution in [3.8, 4) is 0 Å². The Morgan fingerprint density at radius 1 is 1.28 bits per heavy atom. The standard InChI is InChI=1S/C17H27N/c1-7-13(2)16(18-6)17(4,5)12-15-11-9-8-10-14(15)3/h8-11,13H,7,12H2,1-6H3/b18-16+. The number of rotatable bonds is 5. The van der Waals surface area contributed by atoms with Gasteiger partial charge >= 0.3 is 0 Å². The predicted octanol–water partition coefficient (Wildman–Crippen LogP) is 4.68. The predicted molar refractivity (Wildman–Crippen MR) is 81.5 cm³/mol. The van der Waals surface area contributed by atoms with Crippen LogP contribution < -0.4 is 0 Å². The van der Waals surface area contributed by atoms with E-state index in [9.17, 15) is 0 Å². The van der Waals surface area contributed by atoms with Crippen LogP contribution in [0.5, 0.6) is 0 Å². The van der Waals surface area contributed by atoms with Crippen molar-refractivity contribution >= 4 is 5.71 Å². The summed E-state index contributed by atoms with van der Waals surface area (Å²) in [6, 6.07) is 8.66. The van der Waals surface area contributed by atoms with E-state index in [0.29, 0.717) is 5.92 Å². The lowest BCUT2D eigenvalue weighted by Crippen LogP contribution is -2.32. The van der Waals surface area contributed by atoms with Gasteiger partial charge in [-0.1, -0.05) is 52.0 Å². The third-order valence-corrected chi connectivity index (χ3v) is 3.91. The molecule has 1 heteroatoms. The third kappa shape index (κ3) is 3.44. The molecule has 1 aromatic rings. The van der Waals surface area contributed by atoms with Gasteiger partial charge in [-0.15, -0.1) is 0 Å². The van der Waals surface area contributed by atoms with Crippen LogP contribution in [0.15, 0.2) is 29.3 Å². The van der Waals surface area contributed by atoms with Gasteiger partial charge in [-0.3, -0.25) is 4.99 Å². The van der Waals surface area contributed by atoms with Gasteiger partial charge in [0, 0.05) is 18.2 Å². The summed E-state index contributed by atoms with van der Waals surface area (Å²) < 4.78 is 0. The molecule has 0 bridgehead atoms. The minimum absolute atomic E-state index is 0.135. The molecule has 1 unspecified atom stereocenters. The lowest BCUT2D eigenvalue weighted by molar-refractivity contribution is 0.482. The second kappa shape index (κ2) is 6.17. The van der Waals surface area contributed by atoms with E-state index in [1.807, 2.05) is 7.05 Å². The summed E-state index contributed by atoms with van der Waals surface area (Å²) in [5.74, 6) is 0.564. The topological polar surface area (TPSA) is 12.4 Å². The molecule has 1 atom stereocenters. The molecular formula is C17H27N. The highest BCUT2D eigenvalue weighted by atomic mass is 14.7. The Hall–Kier alpha value is -1.11. The van der Waals surface area contributed by atoms with E-state index in [4.69, 9.17) is 0 Å². The zero-order valence-electron chi connectivity index (χ0n) is 12.7. The van der Waals surface area contributed by atoms with E-state index in [-0.39, 0.29) is 5.41 Å². The van der Waals surface area contributed by atoms with Crippen LogP contribution in [0.4, 0.5) is 0 Å². The minimum Gasteiger partial charge on any atom is -0.297 e. The Morgan fingerprint density at radius 3 is 2.39 bits per heavy atom. The van der Waals surface area contributed by atoms with Crippen LogP contribution in [-0.4, -0.2) is 12.8 Å². The molecule has 0 saturated heterocycles. The fourth-order valence-corrected chi connectivity index (χ4v) is 2.76. The van der Waals surface area contributed by atoms with Crippen molar-refractivity contribution in [3.05, 3.63) is 35.4 Å². The molecule has 0 fully saturated rings. The first-order valence-electron chi connectivity index (χ1n) is 6.94. The maximum atomic E-state index is 4.57. The van der Waals surface area contributed by atoms with Gasteiger partial charge in [0.1, 0.15) is 0 Å². The van der Waals surface area contributed by atoms with Crippen LogP contribution in [0.3, 0.4) is 0 Å². The van der Waals surface area contributed by atoms with Gasteiger partial charge in [0.05, 0.1) is 0 Å². The Kier molecular flexibility index (Phi) is 5.13. The quantitative estimate of drug-likeness (QED) is 0.668. The fraction of sp³-hybridized carbons (Fsp3) is 0.588. The molecule has 0 spiro atoms. The van der Waals surface area contributed by atoms with E-state index in [2.05, 4.69) is 63.9 Å². The van der Waals surface area contributed by atoms with Crippen molar-refractivity contribution in [3.63, 3.8) is 0 Å². The Labute approximate surface area is 112 Å². The van der Waals surface area contributed by atoms with Gasteiger partial charge in [0.2, 0.25) is 0 Å². The Morgan fingerprint density at radius 2 is 1.89 bits per heavy atom. The molecule has 0 saturated carbocycles. The summed E-state index contributed by atoms with van der Waals surface area (Å²) in [5.41, 5.74) is 4.29. The van der Waals surface area contributed by atoms with Crippen LogP contribution in [0, 0.1) is 18.3 Å². The van der Waals surface area contributed by atoms with Gasteiger partial charge in [-0.25, -0.2) is 0 Å². The summed E-state index contributed by atoms with van der Waals surface area (Å²) in [6.45, 7) is 11.3. The zero-order chi connectivity index (χ0) is 13.8. The van der Waals surface area contributed by atoms with Crippen molar-refractivity contribution in [1.29, 1.82) is 0 Å². The average molecular weight is 245 g/mol. The number of hydrogen-bond donors (Lipinski definition) is 0. The van der Waals surface area contributed by atoms with Gasteiger partial charge in [0.15, 0.2) is 0 Å². The number of benzene rings is 1. The Balaban J connectivity index is 2.97. The van der Waals surface area contributed by atoms with E-state index in [1.54, 1.807) is 0 Å². The molecule has 0 aliphatic heterocycles. The minimum atomic E-state index is 0.135. The fourth-order valence-electron chi connectivity index (χ4n) is 2.76. The third-order valence-electron chi connectivity index (χ3n) is 3.91. The van der Waals surface area contributed by atoms with Gasteiger partial charge in [0.25, 0.3) is 0 Å². The molecule has 100 valence electrons. The first kappa shape index (κ1) is 14.9. The molecule has 0 aromatic heterocycles. The van der Waals surface area contributed by atoms with Crippen LogP contribution in [0.1, 0.15) is 45.2 Å². The number of aliphatic imine (C=N–C) groups is 1. The first-order valence-corrected chi connectivity index (χ1v) is 6.94. The van der Waals surface area contributed by atoms with E-state index in [1.165, 1.54) is 16.8 Å². The summed E-state index contributed by atoms with van der Waals surface area (Å²) in [7, 11) is 1.93. The summed E-state index contributed by atoms with van der Waals surface area (Å²) in [6.07, 6.45) is 2.22.